The van der Waals surface area contributed by atoms with Crippen molar-refractivity contribution in [3.63, 3.8) is 0 Å². The van der Waals surface area contributed by atoms with E-state index >= 15 is 0 Å². The fourth-order valence-electron chi connectivity index (χ4n) is 3.14. The van der Waals surface area contributed by atoms with Crippen molar-refractivity contribution in [3.05, 3.63) is 82.5 Å². The molecule has 0 radical (unpaired) electrons. The molecule has 1 heterocycles. The van der Waals surface area contributed by atoms with E-state index in [0.717, 1.165) is 16.7 Å². The molecular weight excluding hydrogens is 383 g/mol. The van der Waals surface area contributed by atoms with Gasteiger partial charge in [-0.15, -0.1) is 13.2 Å². The lowest BCUT2D eigenvalue weighted by molar-refractivity contribution is -0.274. The highest BCUT2D eigenvalue weighted by Crippen LogP contribution is 2.29. The lowest BCUT2D eigenvalue weighted by Crippen LogP contribution is -2.17. The molecule has 0 amide bonds. The fraction of sp³-hybridized carbons (Fsp3) is 0.182. The predicted molar refractivity (Wildman–Crippen MR) is 102 cm³/mol. The zero-order chi connectivity index (χ0) is 21.2. The first-order valence-electron chi connectivity index (χ1n) is 8.77. The molecule has 0 spiro atoms. The van der Waals surface area contributed by atoms with E-state index in [2.05, 4.69) is 9.72 Å². The van der Waals surface area contributed by atoms with Crippen LogP contribution >= 0.6 is 0 Å². The Morgan fingerprint density at radius 3 is 2.52 bits per heavy atom. The molecule has 2 aromatic carbocycles. The molecule has 1 N–H and O–H groups in total. The van der Waals surface area contributed by atoms with Crippen molar-refractivity contribution < 1.29 is 27.8 Å². The zero-order valence-electron chi connectivity index (χ0n) is 15.7. The van der Waals surface area contributed by atoms with E-state index in [1.165, 1.54) is 18.2 Å². The third kappa shape index (κ3) is 5.13. The maximum absolute atomic E-state index is 12.4. The molecule has 0 aliphatic rings. The second kappa shape index (κ2) is 7.95. The lowest BCUT2D eigenvalue weighted by Gasteiger charge is -2.12. The van der Waals surface area contributed by atoms with Gasteiger partial charge in [-0.05, 0) is 55.2 Å². The highest BCUT2D eigenvalue weighted by atomic mass is 19.4. The summed E-state index contributed by atoms with van der Waals surface area (Å²) in [6.07, 6.45) is -2.78. The summed E-state index contributed by atoms with van der Waals surface area (Å²) in [5, 5.41) is 9.41. The van der Waals surface area contributed by atoms with Crippen LogP contribution in [-0.2, 0) is 6.42 Å². The minimum absolute atomic E-state index is 0.240. The number of carbonyl (C=O) groups is 1. The summed E-state index contributed by atoms with van der Waals surface area (Å²) in [6, 6.07) is 12.7. The number of ether oxygens (including phenoxy) is 1. The first-order chi connectivity index (χ1) is 13.6. The van der Waals surface area contributed by atoms with Crippen LogP contribution < -0.4 is 4.74 Å². The number of aryl methyl sites for hydroxylation is 2. The van der Waals surface area contributed by atoms with Crippen molar-refractivity contribution in [2.45, 2.75) is 26.6 Å². The van der Waals surface area contributed by atoms with Gasteiger partial charge in [-0.25, -0.2) is 4.79 Å². The molecule has 3 aromatic rings. The molecule has 3 rings (SSSR count). The molecule has 0 bridgehead atoms. The van der Waals surface area contributed by atoms with Crippen LogP contribution in [0.15, 0.2) is 54.7 Å². The highest BCUT2D eigenvalue weighted by Gasteiger charge is 2.31. The van der Waals surface area contributed by atoms with Crippen molar-refractivity contribution in [3.8, 4) is 17.0 Å². The van der Waals surface area contributed by atoms with Gasteiger partial charge in [0.05, 0.1) is 11.3 Å². The molecule has 0 aliphatic heterocycles. The van der Waals surface area contributed by atoms with Crippen LogP contribution in [0.1, 0.15) is 32.6 Å². The first kappa shape index (κ1) is 20.4. The van der Waals surface area contributed by atoms with Crippen LogP contribution in [0.25, 0.3) is 11.3 Å². The number of carboxylic acids is 1. The van der Waals surface area contributed by atoms with E-state index < -0.39 is 12.3 Å². The quantitative estimate of drug-likeness (QED) is 0.609. The third-order valence-electron chi connectivity index (χ3n) is 4.37. The molecular formula is C22H18F3NO3. The van der Waals surface area contributed by atoms with Crippen molar-refractivity contribution in [1.29, 1.82) is 0 Å². The minimum atomic E-state index is -4.76. The Hall–Kier alpha value is -3.35. The van der Waals surface area contributed by atoms with E-state index in [1.807, 2.05) is 19.1 Å². The van der Waals surface area contributed by atoms with Gasteiger partial charge in [0.2, 0.25) is 0 Å². The average Bonchev–Trinajstić information content (AvgIpc) is 2.62. The summed E-state index contributed by atoms with van der Waals surface area (Å²) in [5.74, 6) is -1.31. The summed E-state index contributed by atoms with van der Waals surface area (Å²) < 4.78 is 41.3. The number of rotatable bonds is 5. The van der Waals surface area contributed by atoms with Crippen LogP contribution in [0.3, 0.4) is 0 Å². The Morgan fingerprint density at radius 2 is 1.86 bits per heavy atom. The van der Waals surface area contributed by atoms with Crippen molar-refractivity contribution in [2.75, 3.05) is 0 Å². The maximum atomic E-state index is 12.4. The Morgan fingerprint density at radius 1 is 1.10 bits per heavy atom. The van der Waals surface area contributed by atoms with Gasteiger partial charge >= 0.3 is 12.3 Å². The third-order valence-corrected chi connectivity index (χ3v) is 4.37. The minimum Gasteiger partial charge on any atom is -0.478 e. The molecule has 7 heteroatoms. The van der Waals surface area contributed by atoms with Gasteiger partial charge in [-0.3, -0.25) is 4.98 Å². The van der Waals surface area contributed by atoms with Gasteiger partial charge in [0.15, 0.2) is 0 Å². The van der Waals surface area contributed by atoms with E-state index in [-0.39, 0.29) is 11.3 Å². The van der Waals surface area contributed by atoms with Gasteiger partial charge in [0.25, 0.3) is 0 Å². The highest BCUT2D eigenvalue weighted by molar-refractivity contribution is 5.89. The first-order valence-corrected chi connectivity index (χ1v) is 8.77. The Labute approximate surface area is 165 Å². The molecule has 150 valence electrons. The number of halogens is 3. The van der Waals surface area contributed by atoms with E-state index in [9.17, 15) is 23.1 Å². The molecule has 0 aliphatic carbocycles. The van der Waals surface area contributed by atoms with Gasteiger partial charge in [0.1, 0.15) is 5.75 Å². The number of nitrogens with zero attached hydrogens (tertiary/aromatic N) is 1. The molecule has 29 heavy (non-hydrogen) atoms. The number of hydrogen-bond donors (Lipinski definition) is 1. The monoisotopic (exact) mass is 401 g/mol. The summed E-state index contributed by atoms with van der Waals surface area (Å²) in [5.41, 5.74) is 4.36. The topological polar surface area (TPSA) is 59.4 Å². The summed E-state index contributed by atoms with van der Waals surface area (Å²) in [4.78, 5) is 15.9. The summed E-state index contributed by atoms with van der Waals surface area (Å²) in [7, 11) is 0. The van der Waals surface area contributed by atoms with Crippen LogP contribution in [0.4, 0.5) is 13.2 Å². The van der Waals surface area contributed by atoms with E-state index in [4.69, 9.17) is 0 Å². The normalized spacial score (nSPS) is 11.3. The van der Waals surface area contributed by atoms with E-state index in [0.29, 0.717) is 23.2 Å². The lowest BCUT2D eigenvalue weighted by atomic mass is 9.97. The Bertz CT molecular complexity index is 1060. The largest absolute Gasteiger partial charge is 0.573 e. The summed E-state index contributed by atoms with van der Waals surface area (Å²) in [6.45, 7) is 3.63. The molecule has 4 nitrogen and oxygen atoms in total. The number of hydrogen-bond acceptors (Lipinski definition) is 3. The second-order valence-electron chi connectivity index (χ2n) is 6.73. The van der Waals surface area contributed by atoms with Crippen molar-refractivity contribution in [2.24, 2.45) is 0 Å². The van der Waals surface area contributed by atoms with Crippen LogP contribution in [0, 0.1) is 13.8 Å². The van der Waals surface area contributed by atoms with Gasteiger partial charge in [-0.2, -0.15) is 0 Å². The van der Waals surface area contributed by atoms with Crippen LogP contribution in [-0.4, -0.2) is 22.4 Å². The van der Waals surface area contributed by atoms with Crippen molar-refractivity contribution >= 4 is 5.97 Å². The number of pyridine rings is 1. The predicted octanol–water partition coefficient (Wildman–Crippen LogP) is 5.55. The molecule has 0 saturated carbocycles. The van der Waals surface area contributed by atoms with Gasteiger partial charge < -0.3 is 9.84 Å². The Kier molecular flexibility index (Phi) is 5.59. The number of aromatic nitrogens is 1. The standard InChI is InChI=1S/C22H18F3NO3/c1-13-6-7-16(19(8-13)21(27)28)10-15-9-14(2)20(26-12-15)17-4-3-5-18(11-17)29-22(23,24)25/h3-9,11-12H,10H2,1-2H3,(H,27,28). The number of alkyl halides is 3. The number of aromatic carboxylic acids is 1. The second-order valence-corrected chi connectivity index (χ2v) is 6.73. The Balaban J connectivity index is 1.89. The molecule has 1 aromatic heterocycles. The van der Waals surface area contributed by atoms with Gasteiger partial charge in [-0.1, -0.05) is 35.9 Å². The van der Waals surface area contributed by atoms with Gasteiger partial charge in [0, 0.05) is 11.8 Å². The SMILES string of the molecule is Cc1ccc(Cc2cnc(-c3cccc(OC(F)(F)F)c3)c(C)c2)c(C(=O)O)c1. The van der Waals surface area contributed by atoms with E-state index in [1.54, 1.807) is 31.3 Å². The number of carboxylic acid groups (broad SMARTS) is 1. The van der Waals surface area contributed by atoms with Crippen LogP contribution in [0.5, 0.6) is 5.75 Å². The van der Waals surface area contributed by atoms with Crippen molar-refractivity contribution in [1.82, 2.24) is 4.98 Å². The maximum Gasteiger partial charge on any atom is 0.573 e. The fourth-order valence-corrected chi connectivity index (χ4v) is 3.14. The zero-order valence-corrected chi connectivity index (χ0v) is 15.7. The molecule has 0 fully saturated rings. The molecule has 0 unspecified atom stereocenters. The smallest absolute Gasteiger partial charge is 0.478 e. The average molecular weight is 401 g/mol. The number of benzene rings is 2. The molecule has 0 atom stereocenters. The summed E-state index contributed by atoms with van der Waals surface area (Å²) >= 11 is 0. The van der Waals surface area contributed by atoms with Crippen LogP contribution in [0.2, 0.25) is 0 Å². The molecule has 0 saturated heterocycles.